The Labute approximate surface area is 98.0 Å². The molecule has 0 bridgehead atoms. The second-order valence-electron chi connectivity index (χ2n) is 4.64. The van der Waals surface area contributed by atoms with E-state index in [1.807, 2.05) is 0 Å². The second kappa shape index (κ2) is 5.15. The second-order valence-corrected chi connectivity index (χ2v) is 4.64. The van der Waals surface area contributed by atoms with Crippen LogP contribution in [0.3, 0.4) is 0 Å². The summed E-state index contributed by atoms with van der Waals surface area (Å²) in [5, 5.41) is 0. The molecule has 1 aliphatic heterocycles. The standard InChI is InChI=1S/C14H20N2/c1-16(2)14-8-6-12(7-9-14)11-13-5-3-4-10-15-13/h6-9H,3-5,10-11H2,1-2H3. The van der Waals surface area contributed by atoms with Crippen LogP contribution >= 0.6 is 0 Å². The van der Waals surface area contributed by atoms with E-state index in [0.29, 0.717) is 0 Å². The monoisotopic (exact) mass is 216 g/mol. The first kappa shape index (κ1) is 11.2. The topological polar surface area (TPSA) is 15.6 Å². The summed E-state index contributed by atoms with van der Waals surface area (Å²) < 4.78 is 0. The Kier molecular flexibility index (Phi) is 3.60. The summed E-state index contributed by atoms with van der Waals surface area (Å²) >= 11 is 0. The van der Waals surface area contributed by atoms with Crippen molar-refractivity contribution in [1.29, 1.82) is 0 Å². The van der Waals surface area contributed by atoms with Gasteiger partial charge in [-0.1, -0.05) is 12.1 Å². The highest BCUT2D eigenvalue weighted by atomic mass is 15.1. The summed E-state index contributed by atoms with van der Waals surface area (Å²) in [6, 6.07) is 8.79. The molecule has 0 aromatic heterocycles. The van der Waals surface area contributed by atoms with Gasteiger partial charge in [0.15, 0.2) is 0 Å². The Morgan fingerprint density at radius 2 is 1.88 bits per heavy atom. The molecule has 16 heavy (non-hydrogen) atoms. The largest absolute Gasteiger partial charge is 0.378 e. The van der Waals surface area contributed by atoms with Gasteiger partial charge >= 0.3 is 0 Å². The van der Waals surface area contributed by atoms with Crippen LogP contribution in [0.5, 0.6) is 0 Å². The van der Waals surface area contributed by atoms with Gasteiger partial charge in [-0.3, -0.25) is 4.99 Å². The van der Waals surface area contributed by atoms with Gasteiger partial charge in [-0.25, -0.2) is 0 Å². The third-order valence-electron chi connectivity index (χ3n) is 3.07. The molecule has 0 spiro atoms. The summed E-state index contributed by atoms with van der Waals surface area (Å²) in [5.74, 6) is 0. The number of hydrogen-bond acceptors (Lipinski definition) is 2. The van der Waals surface area contributed by atoms with Crippen LogP contribution in [-0.2, 0) is 6.42 Å². The van der Waals surface area contributed by atoms with Crippen LogP contribution in [0.4, 0.5) is 5.69 Å². The molecule has 0 aliphatic carbocycles. The minimum Gasteiger partial charge on any atom is -0.378 e. The minimum atomic E-state index is 1.03. The van der Waals surface area contributed by atoms with Crippen molar-refractivity contribution in [3.8, 4) is 0 Å². The fourth-order valence-electron chi connectivity index (χ4n) is 2.05. The fourth-order valence-corrected chi connectivity index (χ4v) is 2.05. The zero-order valence-corrected chi connectivity index (χ0v) is 10.2. The van der Waals surface area contributed by atoms with Gasteiger partial charge in [0, 0.05) is 38.5 Å². The highest BCUT2D eigenvalue weighted by Crippen LogP contribution is 2.15. The molecule has 1 aromatic carbocycles. The number of nitrogens with zero attached hydrogens (tertiary/aromatic N) is 2. The van der Waals surface area contributed by atoms with E-state index in [-0.39, 0.29) is 0 Å². The van der Waals surface area contributed by atoms with E-state index < -0.39 is 0 Å². The van der Waals surface area contributed by atoms with Crippen molar-refractivity contribution in [2.24, 2.45) is 4.99 Å². The van der Waals surface area contributed by atoms with E-state index in [1.54, 1.807) is 0 Å². The maximum Gasteiger partial charge on any atom is 0.0388 e. The van der Waals surface area contributed by atoms with Crippen molar-refractivity contribution < 1.29 is 0 Å². The molecule has 0 unspecified atom stereocenters. The van der Waals surface area contributed by atoms with Crippen LogP contribution in [0.25, 0.3) is 0 Å². The maximum absolute atomic E-state index is 4.59. The van der Waals surface area contributed by atoms with Crippen molar-refractivity contribution in [3.63, 3.8) is 0 Å². The summed E-state index contributed by atoms with van der Waals surface area (Å²) in [5.41, 5.74) is 4.02. The first-order valence-electron chi connectivity index (χ1n) is 6.04. The van der Waals surface area contributed by atoms with Gasteiger partial charge in [-0.2, -0.15) is 0 Å². The molecule has 86 valence electrons. The molecule has 1 aliphatic rings. The molecule has 0 amide bonds. The van der Waals surface area contributed by atoms with Crippen molar-refractivity contribution >= 4 is 11.4 Å². The summed E-state index contributed by atoms with van der Waals surface area (Å²) in [7, 11) is 4.14. The van der Waals surface area contributed by atoms with E-state index >= 15 is 0 Å². The predicted molar refractivity (Wildman–Crippen MR) is 70.6 cm³/mol. The molecule has 1 aromatic rings. The van der Waals surface area contributed by atoms with E-state index in [0.717, 1.165) is 13.0 Å². The number of aliphatic imine (C=N–C) groups is 1. The third-order valence-corrected chi connectivity index (χ3v) is 3.07. The SMILES string of the molecule is CN(C)c1ccc(CC2=NCCCC2)cc1. The van der Waals surface area contributed by atoms with Crippen molar-refractivity contribution in [3.05, 3.63) is 29.8 Å². The molecule has 2 heteroatoms. The zero-order valence-electron chi connectivity index (χ0n) is 10.2. The normalized spacial score (nSPS) is 15.8. The zero-order chi connectivity index (χ0) is 11.4. The van der Waals surface area contributed by atoms with Gasteiger partial charge in [-0.15, -0.1) is 0 Å². The van der Waals surface area contributed by atoms with Gasteiger partial charge in [-0.05, 0) is 37.0 Å². The number of anilines is 1. The summed E-state index contributed by atoms with van der Waals surface area (Å²) in [6.07, 6.45) is 4.81. The molecule has 0 saturated heterocycles. The fraction of sp³-hybridized carbons (Fsp3) is 0.500. The van der Waals surface area contributed by atoms with Gasteiger partial charge in [0.05, 0.1) is 0 Å². The first-order chi connectivity index (χ1) is 7.75. The molecule has 0 fully saturated rings. The molecule has 0 radical (unpaired) electrons. The molecule has 0 N–H and O–H groups in total. The van der Waals surface area contributed by atoms with Crippen LogP contribution in [0, 0.1) is 0 Å². The Morgan fingerprint density at radius 1 is 1.12 bits per heavy atom. The average molecular weight is 216 g/mol. The summed E-state index contributed by atoms with van der Waals surface area (Å²) in [4.78, 5) is 6.72. The number of rotatable bonds is 3. The maximum atomic E-state index is 4.59. The lowest BCUT2D eigenvalue weighted by atomic mass is 10.0. The number of hydrogen-bond donors (Lipinski definition) is 0. The molecular formula is C14H20N2. The van der Waals surface area contributed by atoms with E-state index in [2.05, 4.69) is 48.3 Å². The van der Waals surface area contributed by atoms with Crippen LogP contribution in [-0.4, -0.2) is 26.4 Å². The van der Waals surface area contributed by atoms with E-state index in [9.17, 15) is 0 Å². The first-order valence-corrected chi connectivity index (χ1v) is 6.04. The molecule has 0 saturated carbocycles. The van der Waals surface area contributed by atoms with Crippen LogP contribution in [0.2, 0.25) is 0 Å². The predicted octanol–water partition coefficient (Wildman–Crippen LogP) is 2.92. The van der Waals surface area contributed by atoms with Crippen LogP contribution < -0.4 is 4.90 Å². The van der Waals surface area contributed by atoms with Crippen molar-refractivity contribution in [2.75, 3.05) is 25.5 Å². The Bertz CT molecular complexity index is 363. The van der Waals surface area contributed by atoms with Gasteiger partial charge in [0.2, 0.25) is 0 Å². The Hall–Kier alpha value is -1.31. The quantitative estimate of drug-likeness (QED) is 0.758. The molecule has 2 rings (SSSR count). The molecule has 0 atom stereocenters. The Balaban J connectivity index is 2.02. The van der Waals surface area contributed by atoms with E-state index in [4.69, 9.17) is 0 Å². The highest BCUT2D eigenvalue weighted by Gasteiger charge is 2.06. The van der Waals surface area contributed by atoms with Gasteiger partial charge in [0.1, 0.15) is 0 Å². The number of benzene rings is 1. The highest BCUT2D eigenvalue weighted by molar-refractivity contribution is 5.87. The van der Waals surface area contributed by atoms with Crippen molar-refractivity contribution in [1.82, 2.24) is 0 Å². The average Bonchev–Trinajstić information content (AvgIpc) is 2.31. The van der Waals surface area contributed by atoms with Gasteiger partial charge in [0.25, 0.3) is 0 Å². The molecule has 1 heterocycles. The Morgan fingerprint density at radius 3 is 2.44 bits per heavy atom. The smallest absolute Gasteiger partial charge is 0.0388 e. The third kappa shape index (κ3) is 2.84. The van der Waals surface area contributed by atoms with Gasteiger partial charge < -0.3 is 4.90 Å². The minimum absolute atomic E-state index is 1.03. The lowest BCUT2D eigenvalue weighted by Gasteiger charge is -2.14. The molecular weight excluding hydrogens is 196 g/mol. The van der Waals surface area contributed by atoms with Crippen LogP contribution in [0.15, 0.2) is 29.3 Å². The lowest BCUT2D eigenvalue weighted by Crippen LogP contribution is -2.10. The molecule has 2 nitrogen and oxygen atoms in total. The lowest BCUT2D eigenvalue weighted by molar-refractivity contribution is 0.730. The van der Waals surface area contributed by atoms with Crippen molar-refractivity contribution in [2.45, 2.75) is 25.7 Å². The van der Waals surface area contributed by atoms with E-state index in [1.165, 1.54) is 36.2 Å². The summed E-state index contributed by atoms with van der Waals surface area (Å²) in [6.45, 7) is 1.03. The van der Waals surface area contributed by atoms with Crippen LogP contribution in [0.1, 0.15) is 24.8 Å².